The molecule has 0 saturated heterocycles. The summed E-state index contributed by atoms with van der Waals surface area (Å²) in [7, 11) is 1.60. The van der Waals surface area contributed by atoms with E-state index in [9.17, 15) is 4.79 Å². The SMILES string of the molecule is CCOc1ccccc1-c1nc(CC(=O)Nc2cccnc2Oc2ccc(OC)cc2)cs1. The molecule has 0 saturated carbocycles. The minimum atomic E-state index is -0.211. The van der Waals surface area contributed by atoms with Gasteiger partial charge in [0.25, 0.3) is 0 Å². The zero-order valence-electron chi connectivity index (χ0n) is 18.3. The number of anilines is 1. The number of rotatable bonds is 9. The van der Waals surface area contributed by atoms with Crippen LogP contribution in [0, 0.1) is 0 Å². The van der Waals surface area contributed by atoms with Crippen LogP contribution in [0.3, 0.4) is 0 Å². The fourth-order valence-electron chi connectivity index (χ4n) is 3.12. The van der Waals surface area contributed by atoms with Crippen LogP contribution < -0.4 is 19.5 Å². The highest BCUT2D eigenvalue weighted by Crippen LogP contribution is 2.32. The van der Waals surface area contributed by atoms with Gasteiger partial charge in [-0.2, -0.15) is 0 Å². The van der Waals surface area contributed by atoms with Gasteiger partial charge in [-0.25, -0.2) is 9.97 Å². The molecule has 0 bridgehead atoms. The van der Waals surface area contributed by atoms with Crippen molar-refractivity contribution in [3.63, 3.8) is 0 Å². The van der Waals surface area contributed by atoms with Crippen molar-refractivity contribution in [3.8, 4) is 33.7 Å². The third-order valence-electron chi connectivity index (χ3n) is 4.63. The van der Waals surface area contributed by atoms with Crippen molar-refractivity contribution in [2.24, 2.45) is 0 Å². The van der Waals surface area contributed by atoms with Crippen LogP contribution in [0.1, 0.15) is 12.6 Å². The lowest BCUT2D eigenvalue weighted by atomic mass is 10.2. The highest BCUT2D eigenvalue weighted by molar-refractivity contribution is 7.13. The van der Waals surface area contributed by atoms with Crippen LogP contribution in [0.25, 0.3) is 10.6 Å². The number of nitrogens with one attached hydrogen (secondary N) is 1. The molecule has 2 aromatic carbocycles. The van der Waals surface area contributed by atoms with E-state index < -0.39 is 0 Å². The second-order valence-corrected chi connectivity index (χ2v) is 7.79. The second kappa shape index (κ2) is 10.6. The number of hydrogen-bond acceptors (Lipinski definition) is 7. The molecule has 1 N–H and O–H groups in total. The van der Waals surface area contributed by atoms with E-state index in [-0.39, 0.29) is 12.3 Å². The molecule has 0 aliphatic heterocycles. The summed E-state index contributed by atoms with van der Waals surface area (Å²) in [6.07, 6.45) is 1.74. The zero-order chi connectivity index (χ0) is 23.0. The first-order valence-corrected chi connectivity index (χ1v) is 11.3. The second-order valence-electron chi connectivity index (χ2n) is 6.93. The van der Waals surface area contributed by atoms with Gasteiger partial charge in [0.1, 0.15) is 27.9 Å². The third kappa shape index (κ3) is 5.67. The summed E-state index contributed by atoms with van der Waals surface area (Å²) < 4.78 is 16.7. The first-order chi connectivity index (χ1) is 16.2. The molecular weight excluding hydrogens is 438 g/mol. The predicted molar refractivity (Wildman–Crippen MR) is 128 cm³/mol. The van der Waals surface area contributed by atoms with Crippen molar-refractivity contribution in [3.05, 3.63) is 77.9 Å². The average Bonchev–Trinajstić information content (AvgIpc) is 3.29. The molecule has 4 aromatic rings. The molecule has 0 aliphatic carbocycles. The van der Waals surface area contributed by atoms with Crippen LogP contribution >= 0.6 is 11.3 Å². The highest BCUT2D eigenvalue weighted by Gasteiger charge is 2.14. The van der Waals surface area contributed by atoms with E-state index in [0.29, 0.717) is 29.6 Å². The summed E-state index contributed by atoms with van der Waals surface area (Å²) in [5.74, 6) is 2.18. The Balaban J connectivity index is 1.44. The number of amides is 1. The molecule has 0 radical (unpaired) electrons. The number of carbonyl (C=O) groups is 1. The van der Waals surface area contributed by atoms with Gasteiger partial charge in [0.05, 0.1) is 31.4 Å². The summed E-state index contributed by atoms with van der Waals surface area (Å²) in [6.45, 7) is 2.52. The maximum absolute atomic E-state index is 12.7. The number of para-hydroxylation sites is 1. The molecule has 2 aromatic heterocycles. The van der Waals surface area contributed by atoms with Crippen LogP contribution in [0.2, 0.25) is 0 Å². The van der Waals surface area contributed by atoms with Crippen LogP contribution in [0.4, 0.5) is 5.69 Å². The Morgan fingerprint density at radius 1 is 1.03 bits per heavy atom. The lowest BCUT2D eigenvalue weighted by Crippen LogP contribution is -2.15. The van der Waals surface area contributed by atoms with E-state index >= 15 is 0 Å². The number of carbonyl (C=O) groups excluding carboxylic acids is 1. The van der Waals surface area contributed by atoms with Crippen molar-refractivity contribution < 1.29 is 19.0 Å². The first-order valence-electron chi connectivity index (χ1n) is 10.4. The van der Waals surface area contributed by atoms with Gasteiger partial charge in [-0.05, 0) is 55.5 Å². The van der Waals surface area contributed by atoms with Crippen LogP contribution in [0.15, 0.2) is 72.2 Å². The van der Waals surface area contributed by atoms with Gasteiger partial charge in [-0.3, -0.25) is 4.79 Å². The maximum atomic E-state index is 12.7. The Morgan fingerprint density at radius 2 is 1.82 bits per heavy atom. The molecule has 0 aliphatic rings. The van der Waals surface area contributed by atoms with Crippen LogP contribution in [-0.2, 0) is 11.2 Å². The molecule has 0 fully saturated rings. The lowest BCUT2D eigenvalue weighted by Gasteiger charge is -2.11. The highest BCUT2D eigenvalue weighted by atomic mass is 32.1. The molecule has 7 nitrogen and oxygen atoms in total. The Bertz CT molecular complexity index is 1220. The van der Waals surface area contributed by atoms with Gasteiger partial charge in [0.2, 0.25) is 11.8 Å². The van der Waals surface area contributed by atoms with E-state index in [1.165, 1.54) is 11.3 Å². The van der Waals surface area contributed by atoms with Gasteiger partial charge in [-0.1, -0.05) is 12.1 Å². The van der Waals surface area contributed by atoms with Crippen molar-refractivity contribution in [2.45, 2.75) is 13.3 Å². The number of pyridine rings is 1. The molecule has 8 heteroatoms. The minimum Gasteiger partial charge on any atom is -0.497 e. The number of thiazole rings is 1. The number of hydrogen-bond donors (Lipinski definition) is 1. The maximum Gasteiger partial charge on any atom is 0.243 e. The first kappa shape index (κ1) is 22.3. The molecule has 1 amide bonds. The fraction of sp³-hybridized carbons (Fsp3) is 0.160. The zero-order valence-corrected chi connectivity index (χ0v) is 19.1. The summed E-state index contributed by atoms with van der Waals surface area (Å²) in [5, 5.41) is 5.57. The Hall–Kier alpha value is -3.91. The van der Waals surface area contributed by atoms with E-state index in [1.54, 1.807) is 49.7 Å². The molecule has 33 heavy (non-hydrogen) atoms. The Kier molecular flexibility index (Phi) is 7.16. The molecule has 4 rings (SSSR count). The van der Waals surface area contributed by atoms with Gasteiger partial charge in [-0.15, -0.1) is 11.3 Å². The molecule has 0 atom stereocenters. The van der Waals surface area contributed by atoms with Crippen molar-refractivity contribution in [1.29, 1.82) is 0 Å². The fourth-order valence-corrected chi connectivity index (χ4v) is 3.97. The largest absolute Gasteiger partial charge is 0.497 e. The molecule has 168 valence electrons. The standard InChI is InChI=1S/C25H23N3O4S/c1-3-31-22-9-5-4-7-20(22)25-27-17(16-33-25)15-23(29)28-21-8-6-14-26-24(21)32-19-12-10-18(30-2)11-13-19/h4-14,16H,3,15H2,1-2H3,(H,28,29). The Morgan fingerprint density at radius 3 is 2.61 bits per heavy atom. The van der Waals surface area contributed by atoms with Crippen LogP contribution in [0.5, 0.6) is 23.1 Å². The summed E-state index contributed by atoms with van der Waals surface area (Å²) in [5.41, 5.74) is 2.08. The van der Waals surface area contributed by atoms with Gasteiger partial charge in [0, 0.05) is 11.6 Å². The number of nitrogens with zero attached hydrogens (tertiary/aromatic N) is 2. The topological polar surface area (TPSA) is 82.6 Å². The number of ether oxygens (including phenoxy) is 3. The van der Waals surface area contributed by atoms with Crippen molar-refractivity contribution >= 4 is 22.9 Å². The van der Waals surface area contributed by atoms with E-state index in [4.69, 9.17) is 14.2 Å². The van der Waals surface area contributed by atoms with Gasteiger partial charge >= 0.3 is 0 Å². The Labute approximate surface area is 196 Å². The quantitative estimate of drug-likeness (QED) is 0.350. The normalized spacial score (nSPS) is 10.5. The summed E-state index contributed by atoms with van der Waals surface area (Å²) in [4.78, 5) is 21.6. The van der Waals surface area contributed by atoms with Gasteiger partial charge < -0.3 is 19.5 Å². The average molecular weight is 462 g/mol. The molecule has 0 unspecified atom stereocenters. The number of benzene rings is 2. The predicted octanol–water partition coefficient (Wildman–Crippen LogP) is 5.59. The molecule has 2 heterocycles. The number of methoxy groups -OCH3 is 1. The van der Waals surface area contributed by atoms with E-state index in [0.717, 1.165) is 22.1 Å². The lowest BCUT2D eigenvalue weighted by molar-refractivity contribution is -0.115. The number of aromatic nitrogens is 2. The van der Waals surface area contributed by atoms with E-state index in [1.807, 2.05) is 36.6 Å². The third-order valence-corrected chi connectivity index (χ3v) is 5.55. The molecule has 0 spiro atoms. The molecular formula is C25H23N3O4S. The summed E-state index contributed by atoms with van der Waals surface area (Å²) in [6, 6.07) is 18.4. The van der Waals surface area contributed by atoms with Gasteiger partial charge in [0.15, 0.2) is 0 Å². The van der Waals surface area contributed by atoms with Crippen molar-refractivity contribution in [1.82, 2.24) is 9.97 Å². The monoisotopic (exact) mass is 461 g/mol. The summed E-state index contributed by atoms with van der Waals surface area (Å²) >= 11 is 1.48. The van der Waals surface area contributed by atoms with Crippen LogP contribution in [-0.4, -0.2) is 29.6 Å². The minimum absolute atomic E-state index is 0.129. The van der Waals surface area contributed by atoms with Crippen molar-refractivity contribution in [2.75, 3.05) is 19.0 Å². The van der Waals surface area contributed by atoms with E-state index in [2.05, 4.69) is 15.3 Å². The smallest absolute Gasteiger partial charge is 0.243 e.